The maximum atomic E-state index is 13.9. The first kappa shape index (κ1) is 29.1. The molecule has 0 spiro atoms. The van der Waals surface area contributed by atoms with E-state index in [-0.39, 0.29) is 38.6 Å². The van der Waals surface area contributed by atoms with E-state index in [0.29, 0.717) is 42.0 Å². The molecule has 4 rings (SSSR count). The largest absolute Gasteiger partial charge is 0.392 e. The van der Waals surface area contributed by atoms with Crippen LogP contribution in [0.1, 0.15) is 45.1 Å². The molecule has 3 aromatic carbocycles. The molecule has 3 atom stereocenters. The van der Waals surface area contributed by atoms with Crippen molar-refractivity contribution in [2.45, 2.75) is 41.9 Å². The van der Waals surface area contributed by atoms with Crippen LogP contribution in [0.4, 0.5) is 0 Å². The van der Waals surface area contributed by atoms with Gasteiger partial charge in [0.05, 0.1) is 31.9 Å². The van der Waals surface area contributed by atoms with Gasteiger partial charge in [-0.15, -0.1) is 0 Å². The van der Waals surface area contributed by atoms with Gasteiger partial charge < -0.3 is 10.0 Å². The van der Waals surface area contributed by atoms with Crippen molar-refractivity contribution in [2.24, 2.45) is 5.92 Å². The lowest BCUT2D eigenvalue weighted by molar-refractivity contribution is 0.0992. The van der Waals surface area contributed by atoms with Crippen molar-refractivity contribution in [1.29, 1.82) is 0 Å². The zero-order valence-electron chi connectivity index (χ0n) is 21.2. The molecule has 3 aromatic rings. The van der Waals surface area contributed by atoms with Crippen molar-refractivity contribution < 1.29 is 18.3 Å². The second-order valence-electron chi connectivity index (χ2n) is 10.2. The number of aliphatic hydroxyl groups excluding tert-OH is 1. The maximum Gasteiger partial charge on any atom is 0.185 e. The summed E-state index contributed by atoms with van der Waals surface area (Å²) >= 11 is 18.6. The Hall–Kier alpha value is -1.93. The fourth-order valence-corrected chi connectivity index (χ4v) is 8.09. The van der Waals surface area contributed by atoms with E-state index in [4.69, 9.17) is 34.8 Å². The first-order chi connectivity index (χ1) is 18.0. The highest BCUT2D eigenvalue weighted by molar-refractivity contribution is 7.91. The Morgan fingerprint density at radius 3 is 2.37 bits per heavy atom. The fourth-order valence-electron chi connectivity index (χ4n) is 5.26. The predicted octanol–water partition coefficient (Wildman–Crippen LogP) is 6.46. The van der Waals surface area contributed by atoms with Gasteiger partial charge in [-0.25, -0.2) is 8.42 Å². The van der Waals surface area contributed by atoms with E-state index in [1.54, 1.807) is 36.4 Å². The number of nitrogens with zero attached hydrogens (tertiary/aromatic N) is 1. The highest BCUT2D eigenvalue weighted by Crippen LogP contribution is 2.43. The minimum absolute atomic E-state index is 0.0224. The number of ketones is 1. The van der Waals surface area contributed by atoms with E-state index in [1.165, 1.54) is 6.07 Å². The molecule has 38 heavy (non-hydrogen) atoms. The fraction of sp³-hybridized carbons (Fsp3) is 0.345. The molecule has 0 bridgehead atoms. The lowest BCUT2D eigenvalue weighted by atomic mass is 9.80. The Labute approximate surface area is 239 Å². The van der Waals surface area contributed by atoms with Crippen LogP contribution in [0.2, 0.25) is 15.1 Å². The molecule has 0 aromatic heterocycles. The molecule has 5 nitrogen and oxygen atoms in total. The molecule has 1 N–H and O–H groups in total. The molecular weight excluding hydrogens is 565 g/mol. The van der Waals surface area contributed by atoms with Crippen LogP contribution in [0, 0.1) is 5.92 Å². The molecule has 1 aliphatic rings. The normalized spacial score (nSPS) is 18.3. The van der Waals surface area contributed by atoms with E-state index in [1.807, 2.05) is 37.2 Å². The molecule has 1 aliphatic carbocycles. The molecule has 0 aliphatic heterocycles. The number of carbonyl (C=O) groups excluding carboxylic acids is 1. The van der Waals surface area contributed by atoms with Crippen LogP contribution >= 0.6 is 34.8 Å². The third kappa shape index (κ3) is 6.61. The van der Waals surface area contributed by atoms with Gasteiger partial charge in [-0.1, -0.05) is 65.1 Å². The summed E-state index contributed by atoms with van der Waals surface area (Å²) in [5.41, 5.74) is 2.52. The van der Waals surface area contributed by atoms with Crippen molar-refractivity contribution >= 4 is 50.4 Å². The van der Waals surface area contributed by atoms with Gasteiger partial charge in [0.2, 0.25) is 0 Å². The molecule has 0 amide bonds. The Kier molecular flexibility index (Phi) is 9.23. The van der Waals surface area contributed by atoms with Crippen molar-refractivity contribution in [1.82, 2.24) is 4.90 Å². The first-order valence-electron chi connectivity index (χ1n) is 12.4. The van der Waals surface area contributed by atoms with Crippen molar-refractivity contribution in [3.05, 3.63) is 98.0 Å². The molecule has 0 heterocycles. The summed E-state index contributed by atoms with van der Waals surface area (Å²) in [6.07, 6.45) is 0.964. The van der Waals surface area contributed by atoms with Gasteiger partial charge in [0.25, 0.3) is 0 Å². The molecule has 0 saturated heterocycles. The van der Waals surface area contributed by atoms with Gasteiger partial charge >= 0.3 is 0 Å². The van der Waals surface area contributed by atoms with E-state index in [0.717, 1.165) is 5.56 Å². The van der Waals surface area contributed by atoms with Crippen LogP contribution < -0.4 is 0 Å². The monoisotopic (exact) mass is 593 g/mol. The molecule has 0 radical (unpaired) electrons. The minimum atomic E-state index is -3.80. The summed E-state index contributed by atoms with van der Waals surface area (Å²) in [6, 6.07) is 16.8. The van der Waals surface area contributed by atoms with Crippen LogP contribution in [-0.4, -0.2) is 51.0 Å². The Balaban J connectivity index is 1.71. The summed E-state index contributed by atoms with van der Waals surface area (Å²) in [5.74, 6) is -0.263. The van der Waals surface area contributed by atoms with Crippen LogP contribution in [0.25, 0.3) is 0 Å². The van der Waals surface area contributed by atoms with Gasteiger partial charge in [0, 0.05) is 18.0 Å². The number of carbonyl (C=O) groups is 1. The van der Waals surface area contributed by atoms with E-state index >= 15 is 0 Å². The quantitative estimate of drug-likeness (QED) is 0.288. The smallest absolute Gasteiger partial charge is 0.185 e. The van der Waals surface area contributed by atoms with Gasteiger partial charge in [0.1, 0.15) is 0 Å². The van der Waals surface area contributed by atoms with E-state index in [2.05, 4.69) is 0 Å². The number of hydrogen-bond donors (Lipinski definition) is 1. The second-order valence-corrected chi connectivity index (χ2v) is 13.6. The Morgan fingerprint density at radius 1 is 1.03 bits per heavy atom. The number of likely N-dealkylation sites (N-methyl/N-ethyl adjacent to an activating group) is 1. The summed E-state index contributed by atoms with van der Waals surface area (Å²) in [5, 5.41) is 10.7. The highest BCUT2D eigenvalue weighted by Gasteiger charge is 2.37. The van der Waals surface area contributed by atoms with Crippen molar-refractivity contribution in [3.8, 4) is 0 Å². The van der Waals surface area contributed by atoms with E-state index in [9.17, 15) is 18.3 Å². The summed E-state index contributed by atoms with van der Waals surface area (Å²) in [4.78, 5) is 15.2. The summed E-state index contributed by atoms with van der Waals surface area (Å²) < 4.78 is 27.8. The van der Waals surface area contributed by atoms with Crippen LogP contribution in [-0.2, 0) is 22.7 Å². The van der Waals surface area contributed by atoms with Crippen LogP contribution in [0.15, 0.2) is 65.6 Å². The Bertz CT molecular complexity index is 1420. The average molecular weight is 595 g/mol. The number of halogens is 3. The average Bonchev–Trinajstić information content (AvgIpc) is 2.83. The predicted molar refractivity (Wildman–Crippen MR) is 153 cm³/mol. The SMILES string of the molecule is CN(C)CC(O)C[C@@H]1Cc2ccc(CC(=O)c3c(Cl)cccc3Cl)cc2C(S(=O)(=O)c2cccc(Cl)c2)C1. The molecule has 202 valence electrons. The molecule has 2 unspecified atom stereocenters. The van der Waals surface area contributed by atoms with Gasteiger partial charge in [-0.2, -0.15) is 0 Å². The van der Waals surface area contributed by atoms with Gasteiger partial charge in [0.15, 0.2) is 15.6 Å². The lowest BCUT2D eigenvalue weighted by Crippen LogP contribution is -2.31. The number of benzene rings is 3. The second kappa shape index (κ2) is 12.1. The number of sulfone groups is 1. The number of Topliss-reactive ketones (excluding diaryl/α,β-unsaturated/α-hetero) is 1. The first-order valence-corrected chi connectivity index (χ1v) is 15.0. The van der Waals surface area contributed by atoms with Crippen molar-refractivity contribution in [2.75, 3.05) is 20.6 Å². The van der Waals surface area contributed by atoms with Crippen molar-refractivity contribution in [3.63, 3.8) is 0 Å². The number of aliphatic hydroxyl groups is 1. The third-order valence-corrected chi connectivity index (χ3v) is 9.87. The molecule has 0 saturated carbocycles. The minimum Gasteiger partial charge on any atom is -0.392 e. The van der Waals surface area contributed by atoms with Gasteiger partial charge in [-0.05, 0) is 86.3 Å². The molecule has 9 heteroatoms. The lowest BCUT2D eigenvalue weighted by Gasteiger charge is -2.33. The van der Waals surface area contributed by atoms with E-state index < -0.39 is 21.2 Å². The topological polar surface area (TPSA) is 74.7 Å². The molecular formula is C29H30Cl3NO4S. The number of hydrogen-bond acceptors (Lipinski definition) is 5. The summed E-state index contributed by atoms with van der Waals surface area (Å²) in [7, 11) is -0.0176. The third-order valence-electron chi connectivity index (χ3n) is 6.90. The Morgan fingerprint density at radius 2 is 1.71 bits per heavy atom. The number of rotatable bonds is 9. The zero-order chi connectivity index (χ0) is 27.6. The zero-order valence-corrected chi connectivity index (χ0v) is 24.3. The van der Waals surface area contributed by atoms with Crippen LogP contribution in [0.5, 0.6) is 0 Å². The maximum absolute atomic E-state index is 13.9. The molecule has 0 fully saturated rings. The van der Waals surface area contributed by atoms with Crippen LogP contribution in [0.3, 0.4) is 0 Å². The highest BCUT2D eigenvalue weighted by atomic mass is 35.5. The number of fused-ring (bicyclic) bond motifs is 1. The summed E-state index contributed by atoms with van der Waals surface area (Å²) in [6.45, 7) is 0.501. The van der Waals surface area contributed by atoms with Gasteiger partial charge in [-0.3, -0.25) is 4.79 Å². The standard InChI is InChI=1S/C29H30Cl3NO4S/c1-33(2)17-22(34)12-19-11-20-10-9-18(14-27(35)29-25(31)7-4-8-26(29)32)13-24(20)28(15-19)38(36,37)23-6-3-5-21(30)16-23/h3-10,13,16,19,22,28,34H,11-12,14-15,17H2,1-2H3/t19-,22?,28?/m0/s1.